The summed E-state index contributed by atoms with van der Waals surface area (Å²) in [4.78, 5) is 17.7. The minimum absolute atomic E-state index is 0.129. The largest absolute Gasteiger partial charge is 0.481 e. The van der Waals surface area contributed by atoms with E-state index in [0.717, 1.165) is 6.26 Å². The zero-order valence-electron chi connectivity index (χ0n) is 13.3. The smallest absolute Gasteiger partial charge is 0.312 e. The van der Waals surface area contributed by atoms with Crippen molar-refractivity contribution in [2.24, 2.45) is 5.41 Å². The zero-order chi connectivity index (χ0) is 17.3. The van der Waals surface area contributed by atoms with Crippen molar-refractivity contribution in [2.45, 2.75) is 37.2 Å². The van der Waals surface area contributed by atoms with Gasteiger partial charge in [-0.15, -0.1) is 0 Å². The van der Waals surface area contributed by atoms with Crippen LogP contribution in [-0.4, -0.2) is 55.0 Å². The van der Waals surface area contributed by atoms with E-state index in [0.29, 0.717) is 31.6 Å². The van der Waals surface area contributed by atoms with Crippen LogP contribution in [0.15, 0.2) is 23.2 Å². The van der Waals surface area contributed by atoms with Crippen LogP contribution in [-0.2, 0) is 14.6 Å². The third-order valence-corrected chi connectivity index (χ3v) is 5.55. The molecule has 1 aromatic rings. The molecular weight excluding hydrogens is 320 g/mol. The number of hydrogen-bond acceptors (Lipinski definition) is 6. The molecule has 2 atom stereocenters. The van der Waals surface area contributed by atoms with Crippen molar-refractivity contribution < 1.29 is 23.4 Å². The van der Waals surface area contributed by atoms with Gasteiger partial charge in [-0.3, -0.25) is 4.79 Å². The molecule has 0 radical (unpaired) electrons. The van der Waals surface area contributed by atoms with Crippen LogP contribution < -0.4 is 4.90 Å². The van der Waals surface area contributed by atoms with Gasteiger partial charge in [-0.1, -0.05) is 13.3 Å². The Bertz CT molecular complexity index is 674. The first-order valence-corrected chi connectivity index (χ1v) is 9.42. The molecule has 0 bridgehead atoms. The third kappa shape index (κ3) is 3.48. The number of anilines is 1. The lowest BCUT2D eigenvalue weighted by Gasteiger charge is -2.43. The molecule has 1 aliphatic rings. The lowest BCUT2D eigenvalue weighted by atomic mass is 9.73. The van der Waals surface area contributed by atoms with Crippen LogP contribution in [0.1, 0.15) is 26.2 Å². The molecule has 0 aliphatic carbocycles. The number of aliphatic hydroxyl groups excluding tert-OH is 1. The van der Waals surface area contributed by atoms with E-state index in [1.165, 1.54) is 12.3 Å². The average molecular weight is 342 g/mol. The van der Waals surface area contributed by atoms with Gasteiger partial charge in [-0.2, -0.15) is 0 Å². The molecule has 0 saturated carbocycles. The van der Waals surface area contributed by atoms with E-state index >= 15 is 0 Å². The molecule has 0 amide bonds. The van der Waals surface area contributed by atoms with E-state index in [2.05, 4.69) is 4.98 Å². The van der Waals surface area contributed by atoms with Gasteiger partial charge in [0.05, 0.1) is 16.4 Å². The van der Waals surface area contributed by atoms with Crippen molar-refractivity contribution >= 4 is 21.6 Å². The second-order valence-electron chi connectivity index (χ2n) is 6.05. The number of aliphatic hydroxyl groups is 1. The first-order chi connectivity index (χ1) is 10.7. The molecule has 0 spiro atoms. The normalized spacial score (nSPS) is 25.3. The SMILES string of the molecule is CCC[C@]1(C(=O)O)CCN(c2ccc(S(C)(=O)=O)cn2)C[C@@H]1O. The number of piperidine rings is 1. The van der Waals surface area contributed by atoms with E-state index in [-0.39, 0.29) is 11.4 Å². The van der Waals surface area contributed by atoms with Crippen molar-refractivity contribution in [1.29, 1.82) is 0 Å². The highest BCUT2D eigenvalue weighted by Crippen LogP contribution is 2.37. The maximum absolute atomic E-state index is 11.6. The van der Waals surface area contributed by atoms with Crippen LogP contribution >= 0.6 is 0 Å². The summed E-state index contributed by atoms with van der Waals surface area (Å²) >= 11 is 0. The van der Waals surface area contributed by atoms with Crippen molar-refractivity contribution in [3.63, 3.8) is 0 Å². The third-order valence-electron chi connectivity index (χ3n) is 4.45. The summed E-state index contributed by atoms with van der Waals surface area (Å²) in [5.74, 6) is -0.432. The number of pyridine rings is 1. The van der Waals surface area contributed by atoms with Gasteiger partial charge < -0.3 is 15.1 Å². The summed E-state index contributed by atoms with van der Waals surface area (Å²) in [5.41, 5.74) is -1.11. The Morgan fingerprint density at radius 1 is 1.48 bits per heavy atom. The first kappa shape index (κ1) is 17.7. The zero-order valence-corrected chi connectivity index (χ0v) is 14.1. The van der Waals surface area contributed by atoms with Gasteiger partial charge in [-0.05, 0) is 25.0 Å². The number of hydrogen-bond donors (Lipinski definition) is 2. The molecule has 1 saturated heterocycles. The van der Waals surface area contributed by atoms with Gasteiger partial charge in [0.2, 0.25) is 0 Å². The number of aromatic nitrogens is 1. The van der Waals surface area contributed by atoms with Gasteiger partial charge in [0.1, 0.15) is 5.82 Å². The molecule has 0 unspecified atom stereocenters. The van der Waals surface area contributed by atoms with Gasteiger partial charge in [-0.25, -0.2) is 13.4 Å². The monoisotopic (exact) mass is 342 g/mol. The van der Waals surface area contributed by atoms with Crippen LogP contribution in [0.5, 0.6) is 0 Å². The Balaban J connectivity index is 2.18. The highest BCUT2D eigenvalue weighted by Gasteiger charge is 2.48. The number of carboxylic acid groups (broad SMARTS) is 1. The van der Waals surface area contributed by atoms with Crippen LogP contribution in [0, 0.1) is 5.41 Å². The van der Waals surface area contributed by atoms with Crippen LogP contribution in [0.25, 0.3) is 0 Å². The highest BCUT2D eigenvalue weighted by atomic mass is 32.2. The number of β-amino-alcohol motifs (C(OH)–C–C–N with tert-alkyl or cyclic N) is 1. The van der Waals surface area contributed by atoms with Crippen LogP contribution in [0.4, 0.5) is 5.82 Å². The lowest BCUT2D eigenvalue weighted by molar-refractivity contribution is -0.159. The van der Waals surface area contributed by atoms with Crippen molar-refractivity contribution in [1.82, 2.24) is 4.98 Å². The number of nitrogens with zero attached hydrogens (tertiary/aromatic N) is 2. The molecule has 2 heterocycles. The summed E-state index contributed by atoms with van der Waals surface area (Å²) in [7, 11) is -3.31. The predicted octanol–water partition coefficient (Wildman–Crippen LogP) is 0.927. The lowest BCUT2D eigenvalue weighted by Crippen LogP contribution is -2.55. The number of sulfone groups is 1. The Kier molecular flexibility index (Phi) is 4.95. The van der Waals surface area contributed by atoms with Gasteiger partial charge >= 0.3 is 5.97 Å². The molecule has 1 aliphatic heterocycles. The highest BCUT2D eigenvalue weighted by molar-refractivity contribution is 7.90. The quantitative estimate of drug-likeness (QED) is 0.819. The molecule has 128 valence electrons. The summed E-state index contributed by atoms with van der Waals surface area (Å²) in [6, 6.07) is 3.05. The average Bonchev–Trinajstić information content (AvgIpc) is 2.48. The van der Waals surface area contributed by atoms with E-state index in [4.69, 9.17) is 0 Å². The van der Waals surface area contributed by atoms with Crippen LogP contribution in [0.3, 0.4) is 0 Å². The fourth-order valence-electron chi connectivity index (χ4n) is 3.06. The molecule has 7 nitrogen and oxygen atoms in total. The molecule has 0 aromatic carbocycles. The van der Waals surface area contributed by atoms with Crippen molar-refractivity contribution in [3.8, 4) is 0 Å². The summed E-state index contributed by atoms with van der Waals surface area (Å²) < 4.78 is 22.9. The molecule has 23 heavy (non-hydrogen) atoms. The fraction of sp³-hybridized carbons (Fsp3) is 0.600. The fourth-order valence-corrected chi connectivity index (χ4v) is 3.62. The Hall–Kier alpha value is -1.67. The Morgan fingerprint density at radius 2 is 2.17 bits per heavy atom. The molecule has 1 aromatic heterocycles. The number of rotatable bonds is 5. The van der Waals surface area contributed by atoms with Crippen molar-refractivity contribution in [3.05, 3.63) is 18.3 Å². The Morgan fingerprint density at radius 3 is 2.61 bits per heavy atom. The first-order valence-electron chi connectivity index (χ1n) is 7.53. The minimum Gasteiger partial charge on any atom is -0.481 e. The summed E-state index contributed by atoms with van der Waals surface area (Å²) in [5, 5.41) is 19.9. The topological polar surface area (TPSA) is 108 Å². The maximum Gasteiger partial charge on any atom is 0.312 e. The summed E-state index contributed by atoms with van der Waals surface area (Å²) in [6.45, 7) is 2.52. The van der Waals surface area contributed by atoms with Crippen molar-refractivity contribution in [2.75, 3.05) is 24.2 Å². The standard InChI is InChI=1S/C15H22N2O5S/c1-3-6-15(14(19)20)7-8-17(10-12(15)18)13-5-4-11(9-16-13)23(2,21)22/h4-5,9,12,18H,3,6-8,10H2,1-2H3,(H,19,20)/t12-,15-/m0/s1. The van der Waals surface area contributed by atoms with Gasteiger partial charge in [0.25, 0.3) is 0 Å². The summed E-state index contributed by atoms with van der Waals surface area (Å²) in [6.07, 6.45) is 2.84. The second-order valence-corrected chi connectivity index (χ2v) is 8.06. The van der Waals surface area contributed by atoms with Crippen LogP contribution in [0.2, 0.25) is 0 Å². The van der Waals surface area contributed by atoms with E-state index in [9.17, 15) is 23.4 Å². The minimum atomic E-state index is -3.31. The predicted molar refractivity (Wildman–Crippen MR) is 85.2 cm³/mol. The number of aliphatic carboxylic acids is 1. The maximum atomic E-state index is 11.6. The number of carbonyl (C=O) groups is 1. The number of carboxylic acids is 1. The molecular formula is C15H22N2O5S. The molecule has 1 fully saturated rings. The van der Waals surface area contributed by atoms with E-state index < -0.39 is 27.3 Å². The Labute approximate surface area is 135 Å². The van der Waals surface area contributed by atoms with E-state index in [1.54, 1.807) is 11.0 Å². The molecule has 8 heteroatoms. The van der Waals surface area contributed by atoms with Gasteiger partial charge in [0, 0.05) is 25.5 Å². The second kappa shape index (κ2) is 6.45. The van der Waals surface area contributed by atoms with E-state index in [1.807, 2.05) is 6.92 Å². The van der Waals surface area contributed by atoms with Gasteiger partial charge in [0.15, 0.2) is 9.84 Å². The molecule has 2 rings (SSSR count). The molecule has 2 N–H and O–H groups in total.